The van der Waals surface area contributed by atoms with E-state index < -0.39 is 6.43 Å². The molecule has 0 aliphatic heterocycles. The fourth-order valence-electron chi connectivity index (χ4n) is 1.25. The van der Waals surface area contributed by atoms with Crippen molar-refractivity contribution < 1.29 is 13.6 Å². The van der Waals surface area contributed by atoms with E-state index in [4.69, 9.17) is 11.6 Å². The molecule has 0 spiro atoms. The summed E-state index contributed by atoms with van der Waals surface area (Å²) in [6, 6.07) is 4.36. The van der Waals surface area contributed by atoms with E-state index in [0.29, 0.717) is 16.9 Å². The first-order valence-electron chi connectivity index (χ1n) is 4.16. The molecule has 76 valence electrons. The molecule has 1 aromatic carbocycles. The van der Waals surface area contributed by atoms with Gasteiger partial charge in [-0.05, 0) is 18.1 Å². The molecule has 0 atom stereocenters. The van der Waals surface area contributed by atoms with Gasteiger partial charge in [-0.15, -0.1) is 0 Å². The normalized spacial score (nSPS) is 10.6. The summed E-state index contributed by atoms with van der Waals surface area (Å²) in [5.74, 6) is 0. The van der Waals surface area contributed by atoms with Crippen LogP contribution in [0.1, 0.15) is 24.0 Å². The van der Waals surface area contributed by atoms with Crippen LogP contribution in [-0.2, 0) is 11.2 Å². The van der Waals surface area contributed by atoms with Gasteiger partial charge in [-0.3, -0.25) is 0 Å². The molecule has 0 aliphatic carbocycles. The average Bonchev–Trinajstić information content (AvgIpc) is 2.15. The summed E-state index contributed by atoms with van der Waals surface area (Å²) in [7, 11) is 0. The SMILES string of the molecule is O=CCCc1c(Cl)cccc1C(F)F. The smallest absolute Gasteiger partial charge is 0.264 e. The lowest BCUT2D eigenvalue weighted by Crippen LogP contribution is -1.96. The summed E-state index contributed by atoms with van der Waals surface area (Å²) < 4.78 is 25.0. The fraction of sp³-hybridized carbons (Fsp3) is 0.300. The van der Waals surface area contributed by atoms with Crippen LogP contribution in [0.3, 0.4) is 0 Å². The monoisotopic (exact) mass is 218 g/mol. The number of rotatable bonds is 4. The summed E-state index contributed by atoms with van der Waals surface area (Å²) in [4.78, 5) is 10.1. The Hall–Kier alpha value is -0.960. The number of carbonyl (C=O) groups excluding carboxylic acids is 1. The van der Waals surface area contributed by atoms with Gasteiger partial charge in [-0.25, -0.2) is 8.78 Å². The molecule has 0 amide bonds. The summed E-state index contributed by atoms with van der Waals surface area (Å²) in [5, 5.41) is 0.296. The highest BCUT2D eigenvalue weighted by Crippen LogP contribution is 2.28. The molecule has 0 aliphatic rings. The summed E-state index contributed by atoms with van der Waals surface area (Å²) in [6.07, 6.45) is -1.37. The van der Waals surface area contributed by atoms with E-state index in [1.54, 1.807) is 6.07 Å². The Labute approximate surface area is 85.7 Å². The first-order chi connectivity index (χ1) is 6.66. The maximum Gasteiger partial charge on any atom is 0.264 e. The quantitative estimate of drug-likeness (QED) is 0.708. The van der Waals surface area contributed by atoms with Gasteiger partial charge in [0.25, 0.3) is 6.43 Å². The van der Waals surface area contributed by atoms with Crippen molar-refractivity contribution >= 4 is 17.9 Å². The van der Waals surface area contributed by atoms with Crippen molar-refractivity contribution in [2.24, 2.45) is 0 Å². The highest BCUT2D eigenvalue weighted by atomic mass is 35.5. The third-order valence-corrected chi connectivity index (χ3v) is 2.26. The lowest BCUT2D eigenvalue weighted by atomic mass is 10.0. The maximum absolute atomic E-state index is 12.5. The number of hydrogen-bond donors (Lipinski definition) is 0. The molecule has 0 radical (unpaired) electrons. The molecule has 14 heavy (non-hydrogen) atoms. The Morgan fingerprint density at radius 1 is 1.43 bits per heavy atom. The third-order valence-electron chi connectivity index (χ3n) is 1.90. The van der Waals surface area contributed by atoms with Crippen molar-refractivity contribution in [3.63, 3.8) is 0 Å². The number of alkyl halides is 2. The lowest BCUT2D eigenvalue weighted by Gasteiger charge is -2.08. The second kappa shape index (κ2) is 5.05. The Kier molecular flexibility index (Phi) is 4.01. The predicted octanol–water partition coefficient (Wildman–Crippen LogP) is 3.41. The topological polar surface area (TPSA) is 17.1 Å². The van der Waals surface area contributed by atoms with Crippen molar-refractivity contribution in [1.29, 1.82) is 0 Å². The molecule has 0 bridgehead atoms. The summed E-state index contributed by atoms with van der Waals surface area (Å²) in [5.41, 5.74) is 0.288. The van der Waals surface area contributed by atoms with E-state index in [0.717, 1.165) is 0 Å². The Morgan fingerprint density at radius 3 is 2.71 bits per heavy atom. The molecule has 0 fully saturated rings. The van der Waals surface area contributed by atoms with Gasteiger partial charge in [0.05, 0.1) is 0 Å². The molecule has 1 nitrogen and oxygen atoms in total. The fourth-order valence-corrected chi connectivity index (χ4v) is 1.52. The zero-order valence-electron chi connectivity index (χ0n) is 7.34. The highest BCUT2D eigenvalue weighted by molar-refractivity contribution is 6.31. The maximum atomic E-state index is 12.5. The van der Waals surface area contributed by atoms with Crippen molar-refractivity contribution in [3.8, 4) is 0 Å². The Balaban J connectivity index is 3.02. The van der Waals surface area contributed by atoms with Gasteiger partial charge < -0.3 is 4.79 Å². The molecule has 0 aromatic heterocycles. The van der Waals surface area contributed by atoms with Gasteiger partial charge in [-0.2, -0.15) is 0 Å². The first-order valence-corrected chi connectivity index (χ1v) is 4.53. The Bertz CT molecular complexity index is 326. The van der Waals surface area contributed by atoms with Crippen molar-refractivity contribution in [1.82, 2.24) is 0 Å². The van der Waals surface area contributed by atoms with Gasteiger partial charge in [0.1, 0.15) is 6.29 Å². The van der Waals surface area contributed by atoms with E-state index in [-0.39, 0.29) is 18.4 Å². The number of aldehydes is 1. The zero-order valence-corrected chi connectivity index (χ0v) is 8.10. The predicted molar refractivity (Wildman–Crippen MR) is 50.8 cm³/mol. The minimum absolute atomic E-state index is 0.0839. The van der Waals surface area contributed by atoms with Crippen LogP contribution in [-0.4, -0.2) is 6.29 Å². The van der Waals surface area contributed by atoms with Crippen LogP contribution < -0.4 is 0 Å². The van der Waals surface area contributed by atoms with Crippen LogP contribution in [0.15, 0.2) is 18.2 Å². The summed E-state index contributed by atoms with van der Waals surface area (Å²) >= 11 is 5.76. The molecule has 1 aromatic rings. The summed E-state index contributed by atoms with van der Waals surface area (Å²) in [6.45, 7) is 0. The number of halogens is 3. The number of hydrogen-bond acceptors (Lipinski definition) is 1. The van der Waals surface area contributed by atoms with E-state index in [9.17, 15) is 13.6 Å². The van der Waals surface area contributed by atoms with Crippen LogP contribution >= 0.6 is 11.6 Å². The van der Waals surface area contributed by atoms with Gasteiger partial charge in [-0.1, -0.05) is 23.7 Å². The molecule has 0 saturated carbocycles. The number of benzene rings is 1. The van der Waals surface area contributed by atoms with Crippen molar-refractivity contribution in [2.45, 2.75) is 19.3 Å². The molecule has 0 heterocycles. The largest absolute Gasteiger partial charge is 0.303 e. The van der Waals surface area contributed by atoms with Gasteiger partial charge in [0.2, 0.25) is 0 Å². The molecule has 4 heteroatoms. The van der Waals surface area contributed by atoms with Gasteiger partial charge in [0, 0.05) is 17.0 Å². The molecular formula is C10H9ClF2O. The highest BCUT2D eigenvalue weighted by Gasteiger charge is 2.14. The van der Waals surface area contributed by atoms with Crippen LogP contribution in [0.2, 0.25) is 5.02 Å². The second-order valence-corrected chi connectivity index (χ2v) is 3.22. The van der Waals surface area contributed by atoms with E-state index in [1.807, 2.05) is 0 Å². The Morgan fingerprint density at radius 2 is 2.14 bits per heavy atom. The lowest BCUT2D eigenvalue weighted by molar-refractivity contribution is -0.107. The third kappa shape index (κ3) is 2.51. The van der Waals surface area contributed by atoms with Crippen molar-refractivity contribution in [2.75, 3.05) is 0 Å². The van der Waals surface area contributed by atoms with Crippen LogP contribution in [0.5, 0.6) is 0 Å². The first kappa shape index (κ1) is 11.1. The minimum Gasteiger partial charge on any atom is -0.303 e. The average molecular weight is 219 g/mol. The standard InChI is InChI=1S/C10H9ClF2O/c11-9-5-1-3-8(10(12)13)7(9)4-2-6-14/h1,3,5-6,10H,2,4H2. The van der Waals surface area contributed by atoms with E-state index in [1.165, 1.54) is 12.1 Å². The number of carbonyl (C=O) groups is 1. The van der Waals surface area contributed by atoms with Crippen molar-refractivity contribution in [3.05, 3.63) is 34.3 Å². The minimum atomic E-state index is -2.55. The van der Waals surface area contributed by atoms with Crippen LogP contribution in [0.25, 0.3) is 0 Å². The molecule has 0 unspecified atom stereocenters. The van der Waals surface area contributed by atoms with Crippen LogP contribution in [0, 0.1) is 0 Å². The molecule has 1 rings (SSSR count). The zero-order chi connectivity index (χ0) is 10.6. The van der Waals surface area contributed by atoms with E-state index >= 15 is 0 Å². The van der Waals surface area contributed by atoms with Crippen LogP contribution in [0.4, 0.5) is 8.78 Å². The van der Waals surface area contributed by atoms with Gasteiger partial charge in [0.15, 0.2) is 0 Å². The van der Waals surface area contributed by atoms with Gasteiger partial charge >= 0.3 is 0 Å². The second-order valence-electron chi connectivity index (χ2n) is 2.81. The molecular weight excluding hydrogens is 210 g/mol. The molecule has 0 saturated heterocycles. The van der Waals surface area contributed by atoms with E-state index in [2.05, 4.69) is 0 Å². The molecule has 0 N–H and O–H groups in total.